The molecule has 118 valence electrons. The number of allylic oxidation sites excluding steroid dienone is 1. The fourth-order valence-electron chi connectivity index (χ4n) is 3.58. The third-order valence-corrected chi connectivity index (χ3v) is 5.17. The van der Waals surface area contributed by atoms with Crippen molar-refractivity contribution in [2.45, 2.75) is 39.5 Å². The number of fused-ring (bicyclic) bond motifs is 1. The fraction of sp³-hybridized carbons (Fsp3) is 0.526. The zero-order valence-corrected chi connectivity index (χ0v) is 13.4. The summed E-state index contributed by atoms with van der Waals surface area (Å²) in [4.78, 5) is 11.7. The Morgan fingerprint density at radius 3 is 2.68 bits per heavy atom. The predicted octanol–water partition coefficient (Wildman–Crippen LogP) is 3.67. The van der Waals surface area contributed by atoms with Crippen LogP contribution in [0.4, 0.5) is 0 Å². The molecule has 0 bridgehead atoms. The minimum atomic E-state index is -0.143. The van der Waals surface area contributed by atoms with Crippen LogP contribution in [0, 0.1) is 11.3 Å². The van der Waals surface area contributed by atoms with Gasteiger partial charge >= 0.3 is 0 Å². The molecule has 0 saturated carbocycles. The van der Waals surface area contributed by atoms with Gasteiger partial charge in [-0.2, -0.15) is 0 Å². The van der Waals surface area contributed by atoms with Gasteiger partial charge in [0.2, 0.25) is 0 Å². The molecule has 1 aliphatic carbocycles. The summed E-state index contributed by atoms with van der Waals surface area (Å²) in [6.07, 6.45) is 5.16. The average molecular weight is 300 g/mol. The lowest BCUT2D eigenvalue weighted by Gasteiger charge is -2.45. The highest BCUT2D eigenvalue weighted by Gasteiger charge is 2.46. The van der Waals surface area contributed by atoms with Crippen molar-refractivity contribution in [2.75, 3.05) is 13.4 Å². The number of hydrogen-bond acceptors (Lipinski definition) is 3. The van der Waals surface area contributed by atoms with Gasteiger partial charge in [-0.1, -0.05) is 38.1 Å². The van der Waals surface area contributed by atoms with Crippen molar-refractivity contribution in [1.82, 2.24) is 0 Å². The monoisotopic (exact) mass is 300 g/mol. The maximum Gasteiger partial charge on any atom is 0.188 e. The molecular weight excluding hydrogens is 276 g/mol. The fourth-order valence-corrected chi connectivity index (χ4v) is 3.58. The van der Waals surface area contributed by atoms with E-state index >= 15 is 0 Å². The molecule has 2 atom stereocenters. The Kier molecular flexibility index (Phi) is 4.34. The van der Waals surface area contributed by atoms with Crippen molar-refractivity contribution in [1.29, 1.82) is 0 Å². The molecule has 0 radical (unpaired) electrons. The van der Waals surface area contributed by atoms with Gasteiger partial charge in [-0.05, 0) is 36.3 Å². The summed E-state index contributed by atoms with van der Waals surface area (Å²) in [7, 11) is 0. The Morgan fingerprint density at radius 2 is 1.95 bits per heavy atom. The van der Waals surface area contributed by atoms with Crippen molar-refractivity contribution in [3.05, 3.63) is 47.2 Å². The van der Waals surface area contributed by atoms with Gasteiger partial charge in [0.25, 0.3) is 0 Å². The van der Waals surface area contributed by atoms with Crippen LogP contribution in [0.2, 0.25) is 0 Å². The Labute approximate surface area is 132 Å². The molecule has 1 fully saturated rings. The molecule has 1 aromatic carbocycles. The van der Waals surface area contributed by atoms with E-state index in [1.54, 1.807) is 6.08 Å². The predicted molar refractivity (Wildman–Crippen MR) is 85.3 cm³/mol. The van der Waals surface area contributed by atoms with Crippen molar-refractivity contribution in [3.8, 4) is 0 Å². The smallest absolute Gasteiger partial charge is 0.188 e. The number of hydrogen-bond donors (Lipinski definition) is 0. The molecule has 0 N–H and O–H groups in total. The Balaban J connectivity index is 1.80. The first-order chi connectivity index (χ1) is 10.6. The SMILES string of the molecule is CCc1ccc(CC(C)[C@]23CCC(=O)C=C2OCOC3)cc1. The van der Waals surface area contributed by atoms with Crippen molar-refractivity contribution in [2.24, 2.45) is 11.3 Å². The van der Waals surface area contributed by atoms with Crippen LogP contribution in [0.5, 0.6) is 0 Å². The molecule has 3 rings (SSSR count). The van der Waals surface area contributed by atoms with Crippen molar-refractivity contribution < 1.29 is 14.3 Å². The van der Waals surface area contributed by atoms with Crippen LogP contribution < -0.4 is 0 Å². The third kappa shape index (κ3) is 2.82. The number of carbonyl (C=O) groups is 1. The van der Waals surface area contributed by atoms with Gasteiger partial charge < -0.3 is 9.47 Å². The van der Waals surface area contributed by atoms with Crippen LogP contribution in [-0.2, 0) is 27.1 Å². The van der Waals surface area contributed by atoms with E-state index in [9.17, 15) is 4.79 Å². The molecule has 0 aromatic heterocycles. The summed E-state index contributed by atoms with van der Waals surface area (Å²) >= 11 is 0. The molecule has 1 unspecified atom stereocenters. The van der Waals surface area contributed by atoms with Crippen LogP contribution in [0.1, 0.15) is 37.8 Å². The zero-order valence-electron chi connectivity index (χ0n) is 13.4. The van der Waals surface area contributed by atoms with Crippen LogP contribution in [0.15, 0.2) is 36.1 Å². The Bertz CT molecular complexity index is 573. The summed E-state index contributed by atoms with van der Waals surface area (Å²) in [6, 6.07) is 8.84. The van der Waals surface area contributed by atoms with Gasteiger partial charge in [-0.15, -0.1) is 0 Å². The second kappa shape index (κ2) is 6.25. The first kappa shape index (κ1) is 15.3. The molecule has 1 heterocycles. The quantitative estimate of drug-likeness (QED) is 0.851. The second-order valence-electron chi connectivity index (χ2n) is 6.52. The van der Waals surface area contributed by atoms with E-state index in [-0.39, 0.29) is 18.0 Å². The molecule has 0 spiro atoms. The van der Waals surface area contributed by atoms with Gasteiger partial charge in [0, 0.05) is 12.5 Å². The molecule has 3 heteroatoms. The second-order valence-corrected chi connectivity index (χ2v) is 6.52. The highest BCUT2D eigenvalue weighted by molar-refractivity contribution is 5.91. The normalized spacial score (nSPS) is 25.9. The maximum absolute atomic E-state index is 11.7. The molecule has 2 aliphatic rings. The maximum atomic E-state index is 11.7. The van der Waals surface area contributed by atoms with Crippen LogP contribution in [-0.4, -0.2) is 19.2 Å². The van der Waals surface area contributed by atoms with E-state index in [0.29, 0.717) is 18.9 Å². The van der Waals surface area contributed by atoms with Gasteiger partial charge in [-0.3, -0.25) is 4.79 Å². The highest BCUT2D eigenvalue weighted by atomic mass is 16.7. The van der Waals surface area contributed by atoms with E-state index < -0.39 is 0 Å². The largest absolute Gasteiger partial charge is 0.471 e. The topological polar surface area (TPSA) is 35.5 Å². The lowest BCUT2D eigenvalue weighted by atomic mass is 9.67. The first-order valence-electron chi connectivity index (χ1n) is 8.17. The molecule has 1 aromatic rings. The van der Waals surface area contributed by atoms with E-state index in [1.165, 1.54) is 11.1 Å². The molecule has 0 amide bonds. The number of ether oxygens (including phenoxy) is 2. The number of carbonyl (C=O) groups excluding carboxylic acids is 1. The highest BCUT2D eigenvalue weighted by Crippen LogP contribution is 2.47. The minimum absolute atomic E-state index is 0.143. The molecule has 22 heavy (non-hydrogen) atoms. The summed E-state index contributed by atoms with van der Waals surface area (Å²) in [5, 5.41) is 0. The van der Waals surface area contributed by atoms with E-state index in [2.05, 4.69) is 38.1 Å². The van der Waals surface area contributed by atoms with Gasteiger partial charge in [-0.25, -0.2) is 0 Å². The van der Waals surface area contributed by atoms with Crippen molar-refractivity contribution >= 4 is 5.78 Å². The minimum Gasteiger partial charge on any atom is -0.471 e. The summed E-state index contributed by atoms with van der Waals surface area (Å²) < 4.78 is 11.3. The van der Waals surface area contributed by atoms with Gasteiger partial charge in [0.05, 0.1) is 12.0 Å². The Hall–Kier alpha value is -1.61. The standard InChI is InChI=1S/C19H24O3/c1-3-15-4-6-16(7-5-15)10-14(2)19-9-8-17(20)11-18(19)22-13-21-12-19/h4-7,11,14H,3,8-10,12-13H2,1-2H3/t14?,19-/m1/s1. The first-order valence-corrected chi connectivity index (χ1v) is 8.17. The van der Waals surface area contributed by atoms with E-state index in [4.69, 9.17) is 9.47 Å². The van der Waals surface area contributed by atoms with Gasteiger partial charge in [0.15, 0.2) is 12.6 Å². The van der Waals surface area contributed by atoms with E-state index in [1.807, 2.05) is 0 Å². The van der Waals surface area contributed by atoms with Crippen LogP contribution in [0.25, 0.3) is 0 Å². The lowest BCUT2D eigenvalue weighted by Crippen LogP contribution is -2.44. The number of aryl methyl sites for hydroxylation is 1. The molecule has 1 aliphatic heterocycles. The van der Waals surface area contributed by atoms with Crippen molar-refractivity contribution in [3.63, 3.8) is 0 Å². The average Bonchev–Trinajstić information content (AvgIpc) is 2.55. The summed E-state index contributed by atoms with van der Waals surface area (Å²) in [5.41, 5.74) is 2.55. The summed E-state index contributed by atoms with van der Waals surface area (Å²) in [6.45, 7) is 5.33. The Morgan fingerprint density at radius 1 is 1.23 bits per heavy atom. The third-order valence-electron chi connectivity index (χ3n) is 5.17. The van der Waals surface area contributed by atoms with Crippen LogP contribution >= 0.6 is 0 Å². The van der Waals surface area contributed by atoms with Crippen LogP contribution in [0.3, 0.4) is 0 Å². The number of rotatable bonds is 4. The molecule has 1 saturated heterocycles. The molecular formula is C19H24O3. The van der Waals surface area contributed by atoms with Gasteiger partial charge in [0.1, 0.15) is 5.76 Å². The summed E-state index contributed by atoms with van der Waals surface area (Å²) in [5.74, 6) is 1.39. The number of benzene rings is 1. The molecule has 3 nitrogen and oxygen atoms in total. The number of ketones is 1. The van der Waals surface area contributed by atoms with E-state index in [0.717, 1.165) is 25.0 Å². The lowest BCUT2D eigenvalue weighted by molar-refractivity contribution is -0.147. The zero-order chi connectivity index (χ0) is 15.6.